The number of isocyanates is 1. The fourth-order valence-corrected chi connectivity index (χ4v) is 2.46. The van der Waals surface area contributed by atoms with Crippen molar-refractivity contribution in [3.63, 3.8) is 0 Å². The number of hydrogen-bond donors (Lipinski definition) is 0. The molecule has 1 aliphatic carbocycles. The lowest BCUT2D eigenvalue weighted by Crippen LogP contribution is -2.01. The molecule has 15 heavy (non-hydrogen) atoms. The number of hydrogen-bond acceptors (Lipinski definition) is 4. The molecule has 1 fully saturated rings. The second-order valence-corrected chi connectivity index (χ2v) is 4.65. The highest BCUT2D eigenvalue weighted by Crippen LogP contribution is 2.49. The van der Waals surface area contributed by atoms with Gasteiger partial charge in [-0.15, -0.1) is 0 Å². The van der Waals surface area contributed by atoms with E-state index in [4.69, 9.17) is 0 Å². The normalized spacial score (nSPS) is 17.3. The zero-order valence-corrected chi connectivity index (χ0v) is 8.75. The van der Waals surface area contributed by atoms with Crippen molar-refractivity contribution >= 4 is 27.7 Å². The first-order valence-electron chi connectivity index (χ1n) is 4.78. The largest absolute Gasteiger partial charge is 0.235 e. The summed E-state index contributed by atoms with van der Waals surface area (Å²) in [5.74, 6) is 0. The Labute approximate surface area is 90.6 Å². The third-order valence-electron chi connectivity index (χ3n) is 2.87. The molecular formula is C11H8N2OS. The Kier molecular flexibility index (Phi) is 1.75. The highest BCUT2D eigenvalue weighted by Gasteiger charge is 2.44. The first-order chi connectivity index (χ1) is 7.34. The molecule has 74 valence electrons. The van der Waals surface area contributed by atoms with Crippen LogP contribution in [0, 0.1) is 0 Å². The van der Waals surface area contributed by atoms with Gasteiger partial charge in [-0.3, -0.25) is 0 Å². The van der Waals surface area contributed by atoms with Gasteiger partial charge >= 0.3 is 0 Å². The van der Waals surface area contributed by atoms with Gasteiger partial charge in [-0.25, -0.2) is 4.79 Å². The van der Waals surface area contributed by atoms with Crippen LogP contribution in [0.5, 0.6) is 0 Å². The Hall–Kier alpha value is -1.51. The molecular weight excluding hydrogens is 208 g/mol. The van der Waals surface area contributed by atoms with Crippen molar-refractivity contribution in [2.24, 2.45) is 4.99 Å². The summed E-state index contributed by atoms with van der Waals surface area (Å²) in [6.45, 7) is 0. The van der Waals surface area contributed by atoms with Crippen molar-refractivity contribution in [2.45, 2.75) is 18.4 Å². The number of carbonyl (C=O) groups excluding carboxylic acids is 1. The summed E-state index contributed by atoms with van der Waals surface area (Å²) in [6, 6.07) is 6.16. The van der Waals surface area contributed by atoms with Crippen LogP contribution < -0.4 is 0 Å². The first kappa shape index (κ1) is 8.77. The number of benzene rings is 1. The van der Waals surface area contributed by atoms with Crippen LogP contribution in [0.25, 0.3) is 10.1 Å². The summed E-state index contributed by atoms with van der Waals surface area (Å²) in [4.78, 5) is 14.3. The van der Waals surface area contributed by atoms with Crippen LogP contribution in [0.4, 0.5) is 0 Å². The number of aliphatic imine (C=N–C) groups is 1. The second-order valence-electron chi connectivity index (χ2n) is 3.81. The van der Waals surface area contributed by atoms with Crippen LogP contribution in [-0.4, -0.2) is 10.5 Å². The molecule has 0 amide bonds. The molecule has 0 aliphatic heterocycles. The minimum Gasteiger partial charge on any atom is -0.211 e. The Morgan fingerprint density at radius 1 is 1.47 bits per heavy atom. The SMILES string of the molecule is O=C=NC1(c2ccc3sncc3c2)CC1. The predicted molar refractivity (Wildman–Crippen MR) is 58.7 cm³/mol. The number of aromatic nitrogens is 1. The van der Waals surface area contributed by atoms with Gasteiger partial charge in [-0.2, -0.15) is 9.37 Å². The predicted octanol–water partition coefficient (Wildman–Crippen LogP) is 2.62. The molecule has 0 atom stereocenters. The Bertz CT molecular complexity index is 565. The molecule has 0 saturated heterocycles. The lowest BCUT2D eigenvalue weighted by Gasteiger charge is -2.07. The van der Waals surface area contributed by atoms with Gasteiger partial charge in [-0.05, 0) is 42.1 Å². The molecule has 3 rings (SSSR count). The molecule has 0 spiro atoms. The smallest absolute Gasteiger partial charge is 0.211 e. The maximum atomic E-state index is 10.3. The van der Waals surface area contributed by atoms with Crippen molar-refractivity contribution in [3.05, 3.63) is 30.0 Å². The van der Waals surface area contributed by atoms with Gasteiger partial charge in [0.25, 0.3) is 0 Å². The first-order valence-corrected chi connectivity index (χ1v) is 5.55. The van der Waals surface area contributed by atoms with Crippen LogP contribution in [0.15, 0.2) is 29.4 Å². The van der Waals surface area contributed by atoms with Gasteiger partial charge in [0.05, 0.1) is 10.2 Å². The van der Waals surface area contributed by atoms with Crippen LogP contribution in [0.3, 0.4) is 0 Å². The van der Waals surface area contributed by atoms with E-state index in [1.165, 1.54) is 16.2 Å². The van der Waals surface area contributed by atoms with E-state index in [1.807, 2.05) is 18.3 Å². The van der Waals surface area contributed by atoms with Crippen molar-refractivity contribution in [2.75, 3.05) is 0 Å². The molecule has 1 aromatic heterocycles. The van der Waals surface area contributed by atoms with Crippen LogP contribution in [-0.2, 0) is 10.3 Å². The zero-order valence-electron chi connectivity index (χ0n) is 7.93. The molecule has 3 nitrogen and oxygen atoms in total. The highest BCUT2D eigenvalue weighted by molar-refractivity contribution is 7.13. The van der Waals surface area contributed by atoms with E-state index >= 15 is 0 Å². The lowest BCUT2D eigenvalue weighted by atomic mass is 10.0. The van der Waals surface area contributed by atoms with E-state index in [0.29, 0.717) is 0 Å². The van der Waals surface area contributed by atoms with Crippen molar-refractivity contribution in [1.82, 2.24) is 4.37 Å². The number of rotatable bonds is 2. The Balaban J connectivity index is 2.15. The van der Waals surface area contributed by atoms with E-state index in [0.717, 1.165) is 23.8 Å². The third-order valence-corrected chi connectivity index (χ3v) is 3.65. The molecule has 0 radical (unpaired) electrons. The van der Waals surface area contributed by atoms with Gasteiger partial charge in [0, 0.05) is 11.6 Å². The fourth-order valence-electron chi connectivity index (χ4n) is 1.83. The van der Waals surface area contributed by atoms with Crippen molar-refractivity contribution in [1.29, 1.82) is 0 Å². The average Bonchev–Trinajstić information content (AvgIpc) is 2.89. The van der Waals surface area contributed by atoms with Crippen LogP contribution in [0.1, 0.15) is 18.4 Å². The van der Waals surface area contributed by atoms with E-state index in [1.54, 1.807) is 6.08 Å². The highest BCUT2D eigenvalue weighted by atomic mass is 32.1. The third kappa shape index (κ3) is 1.30. The summed E-state index contributed by atoms with van der Waals surface area (Å²) in [6.07, 6.45) is 5.42. The summed E-state index contributed by atoms with van der Waals surface area (Å²) >= 11 is 1.48. The van der Waals surface area contributed by atoms with Crippen LogP contribution in [0.2, 0.25) is 0 Å². The molecule has 1 aromatic carbocycles. The van der Waals surface area contributed by atoms with Gasteiger partial charge in [-0.1, -0.05) is 6.07 Å². The molecule has 0 bridgehead atoms. The van der Waals surface area contributed by atoms with Crippen LogP contribution >= 0.6 is 11.5 Å². The van der Waals surface area contributed by atoms with Gasteiger partial charge in [0.2, 0.25) is 6.08 Å². The average molecular weight is 216 g/mol. The van der Waals surface area contributed by atoms with E-state index in [-0.39, 0.29) is 5.54 Å². The Morgan fingerprint density at radius 3 is 3.07 bits per heavy atom. The molecule has 1 aliphatic rings. The van der Waals surface area contributed by atoms with Crippen molar-refractivity contribution in [3.8, 4) is 0 Å². The molecule has 1 heterocycles. The monoisotopic (exact) mass is 216 g/mol. The quantitative estimate of drug-likeness (QED) is 0.572. The maximum absolute atomic E-state index is 10.3. The summed E-state index contributed by atoms with van der Waals surface area (Å²) in [5, 5.41) is 1.13. The number of nitrogens with zero attached hydrogens (tertiary/aromatic N) is 2. The second kappa shape index (κ2) is 2.99. The van der Waals surface area contributed by atoms with Gasteiger partial charge in [0.1, 0.15) is 0 Å². The van der Waals surface area contributed by atoms with Crippen molar-refractivity contribution < 1.29 is 4.79 Å². The maximum Gasteiger partial charge on any atom is 0.235 e. The minimum atomic E-state index is -0.266. The summed E-state index contributed by atoms with van der Waals surface area (Å²) in [7, 11) is 0. The van der Waals surface area contributed by atoms with Gasteiger partial charge < -0.3 is 0 Å². The number of fused-ring (bicyclic) bond motifs is 1. The molecule has 0 N–H and O–H groups in total. The standard InChI is InChI=1S/C11H8N2OS/c14-7-12-11(3-4-11)9-1-2-10-8(5-9)6-13-15-10/h1-2,5-6H,3-4H2. The van der Waals surface area contributed by atoms with E-state index < -0.39 is 0 Å². The minimum absolute atomic E-state index is 0.266. The molecule has 2 aromatic rings. The molecule has 1 saturated carbocycles. The fraction of sp³-hybridized carbons (Fsp3) is 0.273. The van der Waals surface area contributed by atoms with E-state index in [2.05, 4.69) is 15.4 Å². The van der Waals surface area contributed by atoms with Gasteiger partial charge in [0.15, 0.2) is 0 Å². The topological polar surface area (TPSA) is 42.3 Å². The zero-order chi connectivity index (χ0) is 10.3. The Morgan fingerprint density at radius 2 is 2.33 bits per heavy atom. The molecule has 4 heteroatoms. The molecule has 0 unspecified atom stereocenters. The summed E-state index contributed by atoms with van der Waals surface area (Å²) in [5.41, 5.74) is 0.844. The summed E-state index contributed by atoms with van der Waals surface area (Å²) < 4.78 is 5.30. The van der Waals surface area contributed by atoms with E-state index in [9.17, 15) is 4.79 Å². The lowest BCUT2D eigenvalue weighted by molar-refractivity contribution is 0.556.